The molecule has 114 valence electrons. The molecule has 0 saturated carbocycles. The fourth-order valence-electron chi connectivity index (χ4n) is 2.20. The first kappa shape index (κ1) is 13.8. The molecule has 0 aliphatic heterocycles. The van der Waals surface area contributed by atoms with E-state index in [1.165, 1.54) is 11.3 Å². The molecular weight excluding hydrogens is 310 g/mol. The standard InChI is InChI=1S/C16H13N5OS/c1-21(2)16-19-11-12-15(18-9-8-17-12)23-13(11)14(20-16)22-10-6-4-3-5-7-10/h3-9H,1-2H3. The zero-order chi connectivity index (χ0) is 15.8. The number of ether oxygens (including phenoxy) is 1. The molecule has 6 nitrogen and oxygen atoms in total. The molecule has 0 amide bonds. The second-order valence-electron chi connectivity index (χ2n) is 5.13. The van der Waals surface area contributed by atoms with Crippen molar-refractivity contribution < 1.29 is 4.74 Å². The van der Waals surface area contributed by atoms with Crippen molar-refractivity contribution in [2.45, 2.75) is 0 Å². The Morgan fingerprint density at radius 3 is 2.52 bits per heavy atom. The van der Waals surface area contributed by atoms with Crippen LogP contribution < -0.4 is 9.64 Å². The maximum atomic E-state index is 5.99. The molecular formula is C16H13N5OS. The number of aromatic nitrogens is 4. The van der Waals surface area contributed by atoms with Gasteiger partial charge >= 0.3 is 0 Å². The molecule has 0 radical (unpaired) electrons. The Hall–Kier alpha value is -2.80. The first-order valence-electron chi connectivity index (χ1n) is 7.04. The molecule has 0 unspecified atom stereocenters. The predicted octanol–water partition coefficient (Wildman–Crippen LogP) is 3.49. The van der Waals surface area contributed by atoms with Gasteiger partial charge in [0.25, 0.3) is 0 Å². The maximum absolute atomic E-state index is 5.99. The summed E-state index contributed by atoms with van der Waals surface area (Å²) in [6.45, 7) is 0. The van der Waals surface area contributed by atoms with Crippen LogP contribution in [0.5, 0.6) is 11.6 Å². The highest BCUT2D eigenvalue weighted by Gasteiger charge is 2.17. The molecule has 0 spiro atoms. The molecule has 0 bridgehead atoms. The zero-order valence-corrected chi connectivity index (χ0v) is 13.4. The van der Waals surface area contributed by atoms with Crippen molar-refractivity contribution in [2.75, 3.05) is 19.0 Å². The highest BCUT2D eigenvalue weighted by Crippen LogP contribution is 2.37. The van der Waals surface area contributed by atoms with E-state index in [4.69, 9.17) is 4.74 Å². The minimum Gasteiger partial charge on any atom is -0.437 e. The zero-order valence-electron chi connectivity index (χ0n) is 12.6. The van der Waals surface area contributed by atoms with Crippen LogP contribution in [0.15, 0.2) is 42.7 Å². The SMILES string of the molecule is CN(C)c1nc(Oc2ccccc2)c2sc3nccnc3c2n1. The monoisotopic (exact) mass is 323 g/mol. The van der Waals surface area contributed by atoms with Crippen LogP contribution in [0.3, 0.4) is 0 Å². The number of hydrogen-bond donors (Lipinski definition) is 0. The predicted molar refractivity (Wildman–Crippen MR) is 91.4 cm³/mol. The minimum atomic E-state index is 0.523. The van der Waals surface area contributed by atoms with Crippen molar-refractivity contribution in [1.29, 1.82) is 0 Å². The Balaban J connectivity index is 1.97. The third kappa shape index (κ3) is 2.44. The summed E-state index contributed by atoms with van der Waals surface area (Å²) in [7, 11) is 3.79. The number of thiophene rings is 1. The molecule has 3 heterocycles. The van der Waals surface area contributed by atoms with Crippen molar-refractivity contribution in [2.24, 2.45) is 0 Å². The van der Waals surface area contributed by atoms with Crippen LogP contribution in [-0.4, -0.2) is 34.0 Å². The summed E-state index contributed by atoms with van der Waals surface area (Å²) in [5.74, 6) is 1.83. The number of fused-ring (bicyclic) bond motifs is 3. The van der Waals surface area contributed by atoms with Crippen molar-refractivity contribution in [3.8, 4) is 11.6 Å². The Morgan fingerprint density at radius 2 is 1.74 bits per heavy atom. The lowest BCUT2D eigenvalue weighted by atomic mass is 10.3. The van der Waals surface area contributed by atoms with E-state index in [0.717, 1.165) is 26.3 Å². The molecule has 3 aromatic heterocycles. The van der Waals surface area contributed by atoms with Gasteiger partial charge in [0.05, 0.1) is 0 Å². The highest BCUT2D eigenvalue weighted by atomic mass is 32.1. The van der Waals surface area contributed by atoms with Gasteiger partial charge in [-0.05, 0) is 12.1 Å². The fraction of sp³-hybridized carbons (Fsp3) is 0.125. The quantitative estimate of drug-likeness (QED) is 0.575. The van der Waals surface area contributed by atoms with Crippen LogP contribution in [0.25, 0.3) is 20.6 Å². The molecule has 1 aromatic carbocycles. The summed E-state index contributed by atoms with van der Waals surface area (Å²) >= 11 is 1.49. The Labute approximate surface area is 136 Å². The van der Waals surface area contributed by atoms with Gasteiger partial charge in [-0.3, -0.25) is 0 Å². The number of nitrogens with zero attached hydrogens (tertiary/aromatic N) is 5. The number of para-hydroxylation sites is 1. The average molecular weight is 323 g/mol. The van der Waals surface area contributed by atoms with E-state index in [9.17, 15) is 0 Å². The summed E-state index contributed by atoms with van der Waals surface area (Å²) in [5.41, 5.74) is 1.54. The van der Waals surface area contributed by atoms with E-state index >= 15 is 0 Å². The van der Waals surface area contributed by atoms with Crippen LogP contribution in [0, 0.1) is 0 Å². The van der Waals surface area contributed by atoms with Crippen molar-refractivity contribution in [3.05, 3.63) is 42.7 Å². The first-order chi connectivity index (χ1) is 11.2. The molecule has 0 saturated heterocycles. The maximum Gasteiger partial charge on any atom is 0.242 e. The molecule has 4 aromatic rings. The third-order valence-corrected chi connectivity index (χ3v) is 4.33. The van der Waals surface area contributed by atoms with Crippen molar-refractivity contribution in [1.82, 2.24) is 19.9 Å². The molecule has 0 atom stereocenters. The summed E-state index contributed by atoms with van der Waals surface area (Å²) in [5, 5.41) is 0. The van der Waals surface area contributed by atoms with Crippen LogP contribution in [0.4, 0.5) is 5.95 Å². The summed E-state index contributed by atoms with van der Waals surface area (Å²) in [6.07, 6.45) is 3.35. The van der Waals surface area contributed by atoms with E-state index in [-0.39, 0.29) is 0 Å². The van der Waals surface area contributed by atoms with Gasteiger partial charge in [-0.15, -0.1) is 11.3 Å². The summed E-state index contributed by atoms with van der Waals surface area (Å²) in [6, 6.07) is 9.59. The molecule has 23 heavy (non-hydrogen) atoms. The summed E-state index contributed by atoms with van der Waals surface area (Å²) < 4.78 is 6.84. The van der Waals surface area contributed by atoms with Gasteiger partial charge in [-0.2, -0.15) is 4.98 Å². The van der Waals surface area contributed by atoms with Gasteiger partial charge in [0.15, 0.2) is 0 Å². The van der Waals surface area contributed by atoms with E-state index in [2.05, 4.69) is 19.9 Å². The van der Waals surface area contributed by atoms with Gasteiger partial charge in [0, 0.05) is 26.5 Å². The number of anilines is 1. The number of benzene rings is 1. The fourth-order valence-corrected chi connectivity index (χ4v) is 3.17. The molecule has 4 rings (SSSR count). The van der Waals surface area contributed by atoms with E-state index in [1.807, 2.05) is 49.3 Å². The smallest absolute Gasteiger partial charge is 0.242 e. The van der Waals surface area contributed by atoms with E-state index < -0.39 is 0 Å². The largest absolute Gasteiger partial charge is 0.437 e. The second-order valence-corrected chi connectivity index (χ2v) is 6.13. The van der Waals surface area contributed by atoms with Crippen LogP contribution in [0.1, 0.15) is 0 Å². The second kappa shape index (κ2) is 5.44. The van der Waals surface area contributed by atoms with E-state index in [0.29, 0.717) is 11.8 Å². The van der Waals surface area contributed by atoms with Crippen molar-refractivity contribution >= 4 is 37.8 Å². The molecule has 0 N–H and O–H groups in total. The van der Waals surface area contributed by atoms with Gasteiger partial charge in [-0.25, -0.2) is 15.0 Å². The summed E-state index contributed by atoms with van der Waals surface area (Å²) in [4.78, 5) is 20.6. The van der Waals surface area contributed by atoms with Gasteiger partial charge in [-0.1, -0.05) is 18.2 Å². The highest BCUT2D eigenvalue weighted by molar-refractivity contribution is 7.25. The normalized spacial score (nSPS) is 11.0. The van der Waals surface area contributed by atoms with Crippen LogP contribution in [-0.2, 0) is 0 Å². The average Bonchev–Trinajstić information content (AvgIpc) is 2.95. The molecule has 0 aliphatic carbocycles. The van der Waals surface area contributed by atoms with Gasteiger partial charge in [0.2, 0.25) is 11.8 Å². The topological polar surface area (TPSA) is 64.0 Å². The third-order valence-electron chi connectivity index (χ3n) is 3.27. The van der Waals surface area contributed by atoms with Gasteiger partial charge < -0.3 is 9.64 Å². The van der Waals surface area contributed by atoms with Gasteiger partial charge in [0.1, 0.15) is 26.3 Å². The number of rotatable bonds is 3. The minimum absolute atomic E-state index is 0.523. The lowest BCUT2D eigenvalue weighted by Gasteiger charge is -2.12. The Kier molecular flexibility index (Phi) is 3.27. The molecule has 7 heteroatoms. The van der Waals surface area contributed by atoms with Crippen LogP contribution in [0.2, 0.25) is 0 Å². The van der Waals surface area contributed by atoms with Crippen LogP contribution >= 0.6 is 11.3 Å². The molecule has 0 fully saturated rings. The Morgan fingerprint density at radius 1 is 0.957 bits per heavy atom. The number of hydrogen-bond acceptors (Lipinski definition) is 7. The Bertz CT molecular complexity index is 984. The van der Waals surface area contributed by atoms with Crippen molar-refractivity contribution in [3.63, 3.8) is 0 Å². The first-order valence-corrected chi connectivity index (χ1v) is 7.85. The molecule has 0 aliphatic rings. The van der Waals surface area contributed by atoms with E-state index in [1.54, 1.807) is 12.4 Å². The lowest BCUT2D eigenvalue weighted by Crippen LogP contribution is -2.12. The lowest BCUT2D eigenvalue weighted by molar-refractivity contribution is 0.469.